The molecule has 1 amide bonds. The first kappa shape index (κ1) is 18.2. The van der Waals surface area contributed by atoms with E-state index in [9.17, 15) is 14.4 Å². The number of hydrogen-bond acceptors (Lipinski definition) is 6. The van der Waals surface area contributed by atoms with E-state index < -0.39 is 11.2 Å². The molecule has 28 heavy (non-hydrogen) atoms. The van der Waals surface area contributed by atoms with Crippen molar-refractivity contribution < 1.29 is 9.53 Å². The zero-order chi connectivity index (χ0) is 19.8. The summed E-state index contributed by atoms with van der Waals surface area (Å²) in [7, 11) is 2.94. The second kappa shape index (κ2) is 7.08. The summed E-state index contributed by atoms with van der Waals surface area (Å²) < 4.78 is 11.0. The van der Waals surface area contributed by atoms with Gasteiger partial charge in [0, 0.05) is 38.3 Å². The van der Waals surface area contributed by atoms with Crippen LogP contribution in [0.4, 0.5) is 0 Å². The van der Waals surface area contributed by atoms with E-state index in [0.29, 0.717) is 26.3 Å². The lowest BCUT2D eigenvalue weighted by Gasteiger charge is -2.15. The number of carbonyl (C=O) groups is 1. The Morgan fingerprint density at radius 1 is 1.29 bits per heavy atom. The summed E-state index contributed by atoms with van der Waals surface area (Å²) in [4.78, 5) is 40.8. The number of imidazole rings is 1. The van der Waals surface area contributed by atoms with Crippen LogP contribution < -0.4 is 16.6 Å². The lowest BCUT2D eigenvalue weighted by Crippen LogP contribution is -2.38. The van der Waals surface area contributed by atoms with Gasteiger partial charge in [-0.25, -0.2) is 9.78 Å². The van der Waals surface area contributed by atoms with Crippen molar-refractivity contribution >= 4 is 17.1 Å². The van der Waals surface area contributed by atoms with Gasteiger partial charge in [0.1, 0.15) is 6.54 Å². The minimum absolute atomic E-state index is 0.0605. The maximum absolute atomic E-state index is 12.4. The van der Waals surface area contributed by atoms with Gasteiger partial charge in [0.2, 0.25) is 5.91 Å². The summed E-state index contributed by atoms with van der Waals surface area (Å²) in [6, 6.07) is 0. The molecule has 1 N–H and O–H groups in total. The Morgan fingerprint density at radius 3 is 2.93 bits per heavy atom. The molecule has 0 radical (unpaired) electrons. The average molecular weight is 387 g/mol. The molecule has 0 fully saturated rings. The van der Waals surface area contributed by atoms with Crippen LogP contribution in [0.3, 0.4) is 0 Å². The number of nitrogens with zero attached hydrogens (tertiary/aromatic N) is 6. The van der Waals surface area contributed by atoms with Crippen LogP contribution in [0, 0.1) is 0 Å². The number of hydrogen-bond donors (Lipinski definition) is 1. The van der Waals surface area contributed by atoms with E-state index in [0.717, 1.165) is 22.2 Å². The molecule has 3 aromatic heterocycles. The summed E-state index contributed by atoms with van der Waals surface area (Å²) in [6.45, 7) is 2.16. The molecular weight excluding hydrogens is 366 g/mol. The van der Waals surface area contributed by atoms with E-state index in [1.165, 1.54) is 29.6 Å². The third-order valence-electron chi connectivity index (χ3n) is 4.95. The quantitative estimate of drug-likeness (QED) is 0.570. The maximum atomic E-state index is 12.4. The van der Waals surface area contributed by atoms with Crippen molar-refractivity contribution in [2.45, 2.75) is 26.1 Å². The molecule has 11 heteroatoms. The molecule has 0 unspecified atom stereocenters. The molecule has 0 saturated heterocycles. The van der Waals surface area contributed by atoms with Gasteiger partial charge in [-0.15, -0.1) is 0 Å². The van der Waals surface area contributed by atoms with Crippen molar-refractivity contribution in [2.24, 2.45) is 14.1 Å². The summed E-state index contributed by atoms with van der Waals surface area (Å²) in [5.74, 6) is -0.250. The van der Waals surface area contributed by atoms with E-state index in [-0.39, 0.29) is 23.6 Å². The van der Waals surface area contributed by atoms with Gasteiger partial charge in [-0.05, 0) is 0 Å². The number of amides is 1. The fourth-order valence-electron chi connectivity index (χ4n) is 3.43. The van der Waals surface area contributed by atoms with Crippen LogP contribution in [0.25, 0.3) is 11.2 Å². The van der Waals surface area contributed by atoms with Gasteiger partial charge in [0.15, 0.2) is 11.2 Å². The SMILES string of the molecule is Cn1c(=O)c2c(ncn2CC(=O)NCCn2ncc3c2CCOC3)n(C)c1=O. The minimum Gasteiger partial charge on any atom is -0.376 e. The number of rotatable bonds is 5. The first-order valence-corrected chi connectivity index (χ1v) is 8.96. The highest BCUT2D eigenvalue weighted by atomic mass is 16.5. The number of carbonyl (C=O) groups excluding carboxylic acids is 1. The first-order chi connectivity index (χ1) is 13.5. The zero-order valence-electron chi connectivity index (χ0n) is 15.7. The lowest BCUT2D eigenvalue weighted by molar-refractivity contribution is -0.121. The van der Waals surface area contributed by atoms with E-state index in [4.69, 9.17) is 4.74 Å². The molecule has 1 aliphatic heterocycles. The Kier molecular flexibility index (Phi) is 4.59. The average Bonchev–Trinajstić information content (AvgIpc) is 3.29. The smallest absolute Gasteiger partial charge is 0.332 e. The molecule has 1 aliphatic rings. The van der Waals surface area contributed by atoms with Crippen LogP contribution in [0.1, 0.15) is 11.3 Å². The Hall–Kier alpha value is -3.21. The number of ether oxygens (including phenoxy) is 1. The van der Waals surface area contributed by atoms with Gasteiger partial charge < -0.3 is 14.6 Å². The molecule has 0 aliphatic carbocycles. The second-order valence-corrected chi connectivity index (χ2v) is 6.74. The Morgan fingerprint density at radius 2 is 2.11 bits per heavy atom. The first-order valence-electron chi connectivity index (χ1n) is 8.96. The fraction of sp³-hybridized carbons (Fsp3) is 0.471. The highest BCUT2D eigenvalue weighted by molar-refractivity contribution is 5.78. The van der Waals surface area contributed by atoms with Gasteiger partial charge >= 0.3 is 5.69 Å². The molecule has 0 saturated carbocycles. The second-order valence-electron chi connectivity index (χ2n) is 6.74. The largest absolute Gasteiger partial charge is 0.376 e. The van der Waals surface area contributed by atoms with Crippen molar-refractivity contribution in [1.82, 2.24) is 33.8 Å². The van der Waals surface area contributed by atoms with Crippen molar-refractivity contribution in [3.8, 4) is 0 Å². The predicted octanol–water partition coefficient (Wildman–Crippen LogP) is -1.48. The molecule has 0 atom stereocenters. The van der Waals surface area contributed by atoms with Crippen molar-refractivity contribution in [1.29, 1.82) is 0 Å². The molecule has 4 heterocycles. The van der Waals surface area contributed by atoms with Gasteiger partial charge in [0.05, 0.1) is 32.3 Å². The fourth-order valence-corrected chi connectivity index (χ4v) is 3.43. The Balaban J connectivity index is 1.44. The Bertz CT molecular complexity index is 1170. The summed E-state index contributed by atoms with van der Waals surface area (Å²) in [6.07, 6.45) is 4.01. The minimum atomic E-state index is -0.478. The van der Waals surface area contributed by atoms with Crippen molar-refractivity contribution in [3.05, 3.63) is 44.6 Å². The third kappa shape index (κ3) is 3.03. The van der Waals surface area contributed by atoms with Gasteiger partial charge in [0.25, 0.3) is 5.56 Å². The standard InChI is InChI=1S/C17H21N7O4/c1-21-15-14(16(26)22(2)17(21)27)23(10-19-15)8-13(25)18-4-5-24-12-3-6-28-9-11(12)7-20-24/h7,10H,3-6,8-9H2,1-2H3,(H,18,25). The molecule has 0 aromatic carbocycles. The van der Waals surface area contributed by atoms with Crippen LogP contribution in [0.5, 0.6) is 0 Å². The van der Waals surface area contributed by atoms with E-state index in [1.54, 1.807) is 6.20 Å². The Labute approximate surface area is 159 Å². The topological polar surface area (TPSA) is 118 Å². The monoisotopic (exact) mass is 387 g/mol. The summed E-state index contributed by atoms with van der Waals surface area (Å²) in [5.41, 5.74) is 1.77. The van der Waals surface area contributed by atoms with Gasteiger partial charge in [-0.3, -0.25) is 23.4 Å². The molecule has 148 valence electrons. The van der Waals surface area contributed by atoms with E-state index in [2.05, 4.69) is 15.4 Å². The summed E-state index contributed by atoms with van der Waals surface area (Å²) >= 11 is 0. The third-order valence-corrected chi connectivity index (χ3v) is 4.95. The number of fused-ring (bicyclic) bond motifs is 2. The van der Waals surface area contributed by atoms with Crippen LogP contribution in [-0.2, 0) is 49.7 Å². The predicted molar refractivity (Wildman–Crippen MR) is 98.8 cm³/mol. The van der Waals surface area contributed by atoms with Crippen LogP contribution in [-0.4, -0.2) is 47.5 Å². The molecule has 0 spiro atoms. The van der Waals surface area contributed by atoms with Gasteiger partial charge in [-0.1, -0.05) is 0 Å². The van der Waals surface area contributed by atoms with Crippen LogP contribution >= 0.6 is 0 Å². The number of aromatic nitrogens is 6. The normalized spacial score (nSPS) is 13.6. The van der Waals surface area contributed by atoms with E-state index in [1.807, 2.05) is 4.68 Å². The molecular formula is C17H21N7O4. The molecule has 0 bridgehead atoms. The molecule has 11 nitrogen and oxygen atoms in total. The van der Waals surface area contributed by atoms with Crippen molar-refractivity contribution in [2.75, 3.05) is 13.2 Å². The lowest BCUT2D eigenvalue weighted by atomic mass is 10.2. The highest BCUT2D eigenvalue weighted by Gasteiger charge is 2.17. The van der Waals surface area contributed by atoms with Crippen LogP contribution in [0.15, 0.2) is 22.1 Å². The van der Waals surface area contributed by atoms with E-state index >= 15 is 0 Å². The van der Waals surface area contributed by atoms with Gasteiger partial charge in [-0.2, -0.15) is 5.10 Å². The summed E-state index contributed by atoms with van der Waals surface area (Å²) in [5, 5.41) is 7.18. The van der Waals surface area contributed by atoms with Crippen LogP contribution in [0.2, 0.25) is 0 Å². The maximum Gasteiger partial charge on any atom is 0.332 e. The zero-order valence-corrected chi connectivity index (χ0v) is 15.7. The van der Waals surface area contributed by atoms with Crippen molar-refractivity contribution in [3.63, 3.8) is 0 Å². The number of aryl methyl sites for hydroxylation is 1. The molecule has 4 rings (SSSR count). The molecule has 3 aromatic rings. The highest BCUT2D eigenvalue weighted by Crippen LogP contribution is 2.15. The number of nitrogens with one attached hydrogen (secondary N) is 1.